The second-order valence-corrected chi connectivity index (χ2v) is 6.22. The molecule has 3 aromatic carbocycles. The number of Topliss-reactive ketones (excluding diaryl/α,β-unsaturated/α-hetero) is 1. The van der Waals surface area contributed by atoms with Gasteiger partial charge in [0, 0.05) is 29.4 Å². The molecule has 0 aromatic heterocycles. The summed E-state index contributed by atoms with van der Waals surface area (Å²) in [4.78, 5) is 25.0. The standard InChI is InChI=1S/C22H15O4/c23-20-10-9-17(15-7-3-4-8-16(15)20)21(24)18-11-13-5-1-2-6-14(13)12-19(18)22(25)26/h1-10,12,23H,11H2,(H,25,26). The Bertz CT molecular complexity index is 1090. The number of phenols is 1. The zero-order valence-electron chi connectivity index (χ0n) is 13.8. The van der Waals surface area contributed by atoms with Gasteiger partial charge in [-0.25, -0.2) is 4.79 Å². The molecule has 4 heteroatoms. The fourth-order valence-electron chi connectivity index (χ4n) is 3.40. The predicted octanol–water partition coefficient (Wildman–Crippen LogP) is 3.92. The molecule has 0 unspecified atom stereocenters. The van der Waals surface area contributed by atoms with E-state index in [1.807, 2.05) is 24.3 Å². The molecule has 0 fully saturated rings. The average molecular weight is 343 g/mol. The average Bonchev–Trinajstić information content (AvgIpc) is 2.67. The molecule has 4 rings (SSSR count). The van der Waals surface area contributed by atoms with E-state index in [1.165, 1.54) is 6.07 Å². The zero-order valence-corrected chi connectivity index (χ0v) is 13.8. The monoisotopic (exact) mass is 343 g/mol. The third-order valence-electron chi connectivity index (χ3n) is 4.70. The summed E-state index contributed by atoms with van der Waals surface area (Å²) in [5.41, 5.74) is 2.40. The molecule has 0 amide bonds. The van der Waals surface area contributed by atoms with E-state index in [0.29, 0.717) is 16.3 Å². The number of ketones is 1. The highest BCUT2D eigenvalue weighted by Crippen LogP contribution is 2.33. The molecule has 1 radical (unpaired) electrons. The summed E-state index contributed by atoms with van der Waals surface area (Å²) < 4.78 is 0. The number of benzene rings is 3. The summed E-state index contributed by atoms with van der Waals surface area (Å²) in [5.74, 6) is -1.36. The number of aliphatic carboxylic acids is 1. The van der Waals surface area contributed by atoms with Crippen LogP contribution in [0.2, 0.25) is 0 Å². The van der Waals surface area contributed by atoms with Crippen molar-refractivity contribution in [2.75, 3.05) is 0 Å². The Morgan fingerprint density at radius 1 is 0.846 bits per heavy atom. The first-order chi connectivity index (χ1) is 12.6. The highest BCUT2D eigenvalue weighted by Gasteiger charge is 2.28. The van der Waals surface area contributed by atoms with Crippen molar-refractivity contribution in [1.29, 1.82) is 0 Å². The van der Waals surface area contributed by atoms with E-state index in [2.05, 4.69) is 0 Å². The SMILES string of the molecule is O=C(O)C1=C(C(=O)c2ccc(O)c3ccccc23)Cc2ccccc2[CH]1. The molecule has 2 N–H and O–H groups in total. The topological polar surface area (TPSA) is 74.6 Å². The van der Waals surface area contributed by atoms with Crippen LogP contribution in [0.1, 0.15) is 21.5 Å². The summed E-state index contributed by atoms with van der Waals surface area (Å²) in [6.45, 7) is 0. The minimum absolute atomic E-state index is 0.0193. The Morgan fingerprint density at radius 2 is 1.54 bits per heavy atom. The molecule has 0 saturated carbocycles. The largest absolute Gasteiger partial charge is 0.507 e. The maximum absolute atomic E-state index is 13.2. The van der Waals surface area contributed by atoms with Gasteiger partial charge in [-0.15, -0.1) is 0 Å². The predicted molar refractivity (Wildman–Crippen MR) is 98.2 cm³/mol. The zero-order chi connectivity index (χ0) is 18.3. The van der Waals surface area contributed by atoms with Crippen LogP contribution in [0.4, 0.5) is 0 Å². The summed E-state index contributed by atoms with van der Waals surface area (Å²) in [7, 11) is 0. The van der Waals surface area contributed by atoms with Gasteiger partial charge < -0.3 is 10.2 Å². The second kappa shape index (κ2) is 6.15. The Labute approximate surface area is 150 Å². The van der Waals surface area contributed by atoms with Crippen molar-refractivity contribution in [3.8, 4) is 5.75 Å². The first kappa shape index (κ1) is 16.1. The number of rotatable bonds is 3. The first-order valence-electron chi connectivity index (χ1n) is 8.21. The highest BCUT2D eigenvalue weighted by atomic mass is 16.4. The van der Waals surface area contributed by atoms with Gasteiger partial charge in [0.25, 0.3) is 0 Å². The summed E-state index contributed by atoms with van der Waals surface area (Å²) in [5, 5.41) is 20.8. The highest BCUT2D eigenvalue weighted by molar-refractivity contribution is 6.20. The fraction of sp³-hybridized carbons (Fsp3) is 0.0455. The van der Waals surface area contributed by atoms with Crippen molar-refractivity contribution >= 4 is 22.5 Å². The molecule has 0 heterocycles. The first-order valence-corrected chi connectivity index (χ1v) is 8.21. The molecule has 26 heavy (non-hydrogen) atoms. The third kappa shape index (κ3) is 2.56. The van der Waals surface area contributed by atoms with E-state index in [-0.39, 0.29) is 29.1 Å². The molecule has 1 aliphatic carbocycles. The smallest absolute Gasteiger partial charge is 0.332 e. The van der Waals surface area contributed by atoms with Gasteiger partial charge in [-0.2, -0.15) is 0 Å². The van der Waals surface area contributed by atoms with Crippen molar-refractivity contribution in [3.63, 3.8) is 0 Å². The molecule has 0 bridgehead atoms. The maximum Gasteiger partial charge on any atom is 0.332 e. The molecule has 4 nitrogen and oxygen atoms in total. The van der Waals surface area contributed by atoms with Crippen LogP contribution in [0.15, 0.2) is 71.8 Å². The fourth-order valence-corrected chi connectivity index (χ4v) is 3.40. The van der Waals surface area contributed by atoms with Gasteiger partial charge in [-0.05, 0) is 28.6 Å². The summed E-state index contributed by atoms with van der Waals surface area (Å²) >= 11 is 0. The van der Waals surface area contributed by atoms with Gasteiger partial charge >= 0.3 is 5.97 Å². The van der Waals surface area contributed by atoms with Crippen molar-refractivity contribution < 1.29 is 19.8 Å². The van der Waals surface area contributed by atoms with Gasteiger partial charge in [-0.3, -0.25) is 4.79 Å². The quantitative estimate of drug-likeness (QED) is 0.707. The van der Waals surface area contributed by atoms with Crippen molar-refractivity contribution in [2.45, 2.75) is 6.42 Å². The molecule has 1 aliphatic rings. The minimum atomic E-state index is -1.12. The molecule has 127 valence electrons. The number of carboxylic acid groups (broad SMARTS) is 1. The number of allylic oxidation sites excluding steroid dienone is 1. The Morgan fingerprint density at radius 3 is 2.31 bits per heavy atom. The van der Waals surface area contributed by atoms with Crippen LogP contribution in [-0.4, -0.2) is 22.0 Å². The van der Waals surface area contributed by atoms with Crippen molar-refractivity contribution in [3.05, 3.63) is 94.9 Å². The minimum Gasteiger partial charge on any atom is -0.507 e. The van der Waals surface area contributed by atoms with Crippen LogP contribution in [0.5, 0.6) is 5.75 Å². The Hall–Kier alpha value is -3.40. The van der Waals surface area contributed by atoms with Gasteiger partial charge in [0.2, 0.25) is 0 Å². The van der Waals surface area contributed by atoms with Crippen LogP contribution in [-0.2, 0) is 11.2 Å². The van der Waals surface area contributed by atoms with Gasteiger partial charge in [0.05, 0.1) is 5.57 Å². The van der Waals surface area contributed by atoms with Crippen molar-refractivity contribution in [2.24, 2.45) is 0 Å². The van der Waals surface area contributed by atoms with E-state index in [1.54, 1.807) is 36.8 Å². The van der Waals surface area contributed by atoms with Crippen LogP contribution in [0, 0.1) is 6.42 Å². The van der Waals surface area contributed by atoms with Gasteiger partial charge in [-0.1, -0.05) is 48.5 Å². The summed E-state index contributed by atoms with van der Waals surface area (Å²) in [6.07, 6.45) is 1.82. The molecule has 0 saturated heterocycles. The molecule has 3 aromatic rings. The van der Waals surface area contributed by atoms with E-state index in [9.17, 15) is 19.8 Å². The lowest BCUT2D eigenvalue weighted by molar-refractivity contribution is -0.132. The number of fused-ring (bicyclic) bond motifs is 2. The molecule has 0 spiro atoms. The van der Waals surface area contributed by atoms with E-state index in [4.69, 9.17) is 0 Å². The maximum atomic E-state index is 13.2. The van der Waals surface area contributed by atoms with E-state index >= 15 is 0 Å². The summed E-state index contributed by atoms with van der Waals surface area (Å²) in [6, 6.07) is 17.5. The molecular weight excluding hydrogens is 328 g/mol. The number of carbonyl (C=O) groups is 2. The molecule has 0 atom stereocenters. The van der Waals surface area contributed by atoms with Crippen LogP contribution >= 0.6 is 0 Å². The van der Waals surface area contributed by atoms with Crippen molar-refractivity contribution in [1.82, 2.24) is 0 Å². The van der Waals surface area contributed by atoms with Gasteiger partial charge in [0.1, 0.15) is 5.75 Å². The number of hydrogen-bond acceptors (Lipinski definition) is 3. The Balaban J connectivity index is 1.88. The number of aromatic hydroxyl groups is 1. The van der Waals surface area contributed by atoms with Crippen LogP contribution < -0.4 is 0 Å². The number of hydrogen-bond donors (Lipinski definition) is 2. The lowest BCUT2D eigenvalue weighted by Gasteiger charge is -2.20. The second-order valence-electron chi connectivity index (χ2n) is 6.22. The number of carbonyl (C=O) groups excluding carboxylic acids is 1. The van der Waals surface area contributed by atoms with Gasteiger partial charge in [0.15, 0.2) is 5.78 Å². The lowest BCUT2D eigenvalue weighted by atomic mass is 9.82. The van der Waals surface area contributed by atoms with E-state index < -0.39 is 5.97 Å². The van der Waals surface area contributed by atoms with Crippen LogP contribution in [0.25, 0.3) is 10.8 Å². The van der Waals surface area contributed by atoms with Crippen LogP contribution in [0.3, 0.4) is 0 Å². The third-order valence-corrected chi connectivity index (χ3v) is 4.70. The van der Waals surface area contributed by atoms with E-state index in [0.717, 1.165) is 11.1 Å². The number of carboxylic acids is 1. The molecular formula is C22H15O4. The number of phenolic OH excluding ortho intramolecular Hbond substituents is 1. The normalized spacial score (nSPS) is 13.5. The molecule has 0 aliphatic heterocycles. The Kier molecular flexibility index (Phi) is 3.81. The lowest BCUT2D eigenvalue weighted by Crippen LogP contribution is -2.19.